The van der Waals surface area contributed by atoms with Gasteiger partial charge >= 0.3 is 0 Å². The van der Waals surface area contributed by atoms with Gasteiger partial charge in [-0.25, -0.2) is 13.8 Å². The minimum atomic E-state index is -0.555. The van der Waals surface area contributed by atoms with Crippen molar-refractivity contribution < 1.29 is 8.78 Å². The SMILES string of the molecule is CCNC(=NCCc1ccc(F)cc1F)N1CCC(C)C(n2ccnc2)C1.I. The number of aromatic nitrogens is 2. The topological polar surface area (TPSA) is 45.5 Å². The van der Waals surface area contributed by atoms with Crippen LogP contribution in [0.25, 0.3) is 0 Å². The second kappa shape index (κ2) is 10.7. The van der Waals surface area contributed by atoms with Crippen molar-refractivity contribution in [1.82, 2.24) is 19.8 Å². The summed E-state index contributed by atoms with van der Waals surface area (Å²) >= 11 is 0. The lowest BCUT2D eigenvalue weighted by molar-refractivity contribution is 0.189. The van der Waals surface area contributed by atoms with Crippen molar-refractivity contribution in [1.29, 1.82) is 0 Å². The van der Waals surface area contributed by atoms with E-state index in [1.807, 2.05) is 25.6 Å². The van der Waals surface area contributed by atoms with Gasteiger partial charge in [-0.2, -0.15) is 0 Å². The fourth-order valence-corrected chi connectivity index (χ4v) is 3.53. The number of halogens is 3. The molecular weight excluding hydrogens is 475 g/mol. The van der Waals surface area contributed by atoms with Gasteiger partial charge in [0.1, 0.15) is 11.6 Å². The Hall–Kier alpha value is -1.71. The molecule has 8 heteroatoms. The van der Waals surface area contributed by atoms with Gasteiger partial charge in [0, 0.05) is 44.6 Å². The molecule has 0 aliphatic carbocycles. The van der Waals surface area contributed by atoms with Crippen LogP contribution >= 0.6 is 24.0 Å². The summed E-state index contributed by atoms with van der Waals surface area (Å²) in [5, 5.41) is 3.34. The molecule has 1 aliphatic heterocycles. The van der Waals surface area contributed by atoms with Gasteiger partial charge in [0.2, 0.25) is 0 Å². The second-order valence-corrected chi connectivity index (χ2v) is 7.01. The van der Waals surface area contributed by atoms with Crippen molar-refractivity contribution in [2.24, 2.45) is 10.9 Å². The molecule has 1 aromatic carbocycles. The minimum absolute atomic E-state index is 0. The highest BCUT2D eigenvalue weighted by molar-refractivity contribution is 14.0. The number of hydrogen-bond donors (Lipinski definition) is 1. The largest absolute Gasteiger partial charge is 0.357 e. The van der Waals surface area contributed by atoms with Gasteiger partial charge in [-0.1, -0.05) is 13.0 Å². The van der Waals surface area contributed by atoms with Crippen LogP contribution < -0.4 is 5.32 Å². The zero-order valence-electron chi connectivity index (χ0n) is 16.3. The van der Waals surface area contributed by atoms with E-state index in [1.54, 1.807) is 0 Å². The summed E-state index contributed by atoms with van der Waals surface area (Å²) in [6, 6.07) is 4.05. The summed E-state index contributed by atoms with van der Waals surface area (Å²) in [5.74, 6) is 0.340. The van der Waals surface area contributed by atoms with Crippen LogP contribution in [0.2, 0.25) is 0 Å². The van der Waals surface area contributed by atoms with Gasteiger partial charge in [0.05, 0.1) is 12.4 Å². The first-order chi connectivity index (χ1) is 13.1. The number of hydrogen-bond acceptors (Lipinski definition) is 2. The Kier molecular flexibility index (Phi) is 8.65. The Morgan fingerprint density at radius 3 is 2.86 bits per heavy atom. The molecule has 2 atom stereocenters. The number of aliphatic imine (C=N–C) groups is 1. The van der Waals surface area contributed by atoms with E-state index < -0.39 is 11.6 Å². The molecule has 28 heavy (non-hydrogen) atoms. The van der Waals surface area contributed by atoms with Crippen molar-refractivity contribution in [2.45, 2.75) is 32.7 Å². The normalized spacial score (nSPS) is 20.0. The smallest absolute Gasteiger partial charge is 0.193 e. The Morgan fingerprint density at radius 2 is 2.18 bits per heavy atom. The lowest BCUT2D eigenvalue weighted by Gasteiger charge is -2.39. The van der Waals surface area contributed by atoms with Crippen LogP contribution in [0, 0.1) is 17.6 Å². The zero-order valence-corrected chi connectivity index (χ0v) is 18.6. The molecular formula is C20H28F2IN5. The lowest BCUT2D eigenvalue weighted by Crippen LogP contribution is -2.49. The number of guanidine groups is 1. The fraction of sp³-hybridized carbons (Fsp3) is 0.500. The van der Waals surface area contributed by atoms with E-state index in [-0.39, 0.29) is 24.0 Å². The predicted octanol–water partition coefficient (Wildman–Crippen LogP) is 3.87. The third kappa shape index (κ3) is 5.65. The number of nitrogens with zero attached hydrogens (tertiary/aromatic N) is 4. The third-order valence-electron chi connectivity index (χ3n) is 5.12. The van der Waals surface area contributed by atoms with Crippen LogP contribution in [0.15, 0.2) is 41.9 Å². The molecule has 1 fully saturated rings. The van der Waals surface area contributed by atoms with E-state index in [4.69, 9.17) is 0 Å². The highest BCUT2D eigenvalue weighted by Crippen LogP contribution is 2.27. The maximum Gasteiger partial charge on any atom is 0.193 e. The Labute approximate surface area is 182 Å². The average Bonchev–Trinajstić information content (AvgIpc) is 3.18. The number of benzene rings is 1. The van der Waals surface area contributed by atoms with E-state index in [1.165, 1.54) is 12.1 Å². The van der Waals surface area contributed by atoms with Crippen molar-refractivity contribution in [3.8, 4) is 0 Å². The molecule has 2 unspecified atom stereocenters. The molecule has 1 aromatic heterocycles. The molecule has 2 aromatic rings. The maximum absolute atomic E-state index is 13.8. The van der Waals surface area contributed by atoms with E-state index in [0.29, 0.717) is 30.5 Å². The molecule has 0 amide bonds. The minimum Gasteiger partial charge on any atom is -0.357 e. The molecule has 5 nitrogen and oxygen atoms in total. The monoisotopic (exact) mass is 503 g/mol. The molecule has 2 heterocycles. The summed E-state index contributed by atoms with van der Waals surface area (Å²) in [7, 11) is 0. The van der Waals surface area contributed by atoms with Crippen LogP contribution in [0.4, 0.5) is 8.78 Å². The Bertz CT molecular complexity index is 766. The van der Waals surface area contributed by atoms with E-state index in [9.17, 15) is 8.78 Å². The van der Waals surface area contributed by atoms with Crippen LogP contribution in [0.1, 0.15) is 31.9 Å². The lowest BCUT2D eigenvalue weighted by atomic mass is 9.93. The number of nitrogens with one attached hydrogen (secondary N) is 1. The van der Waals surface area contributed by atoms with Gasteiger partial charge in [-0.3, -0.25) is 4.99 Å². The van der Waals surface area contributed by atoms with Gasteiger partial charge < -0.3 is 14.8 Å². The van der Waals surface area contributed by atoms with Crippen LogP contribution in [-0.4, -0.2) is 46.6 Å². The van der Waals surface area contributed by atoms with Gasteiger partial charge in [0.25, 0.3) is 0 Å². The maximum atomic E-state index is 13.8. The molecule has 1 N–H and O–H groups in total. The number of rotatable bonds is 5. The third-order valence-corrected chi connectivity index (χ3v) is 5.12. The van der Waals surface area contributed by atoms with Crippen molar-refractivity contribution in [3.05, 3.63) is 54.1 Å². The first-order valence-corrected chi connectivity index (χ1v) is 9.53. The quantitative estimate of drug-likeness (QED) is 0.383. The zero-order chi connectivity index (χ0) is 19.2. The average molecular weight is 503 g/mol. The van der Waals surface area contributed by atoms with E-state index in [0.717, 1.165) is 38.1 Å². The molecule has 0 bridgehead atoms. The predicted molar refractivity (Wildman–Crippen MR) is 118 cm³/mol. The Balaban J connectivity index is 0.00000280. The Morgan fingerprint density at radius 1 is 1.36 bits per heavy atom. The molecule has 0 radical (unpaired) electrons. The summed E-state index contributed by atoms with van der Waals surface area (Å²) in [6.07, 6.45) is 7.19. The molecule has 3 rings (SSSR count). The standard InChI is InChI=1S/C20H27F2N5.HI/c1-3-24-20(25-8-6-16-4-5-17(21)12-18(16)22)26-10-7-15(2)19(13-26)27-11-9-23-14-27;/h4-5,9,11-12,14-15,19H,3,6-8,10,13H2,1-2H3,(H,24,25);1H. The fourth-order valence-electron chi connectivity index (χ4n) is 3.53. The highest BCUT2D eigenvalue weighted by Gasteiger charge is 2.28. The van der Waals surface area contributed by atoms with E-state index in [2.05, 4.69) is 31.7 Å². The summed E-state index contributed by atoms with van der Waals surface area (Å²) < 4.78 is 29.0. The van der Waals surface area contributed by atoms with Crippen LogP contribution in [-0.2, 0) is 6.42 Å². The number of likely N-dealkylation sites (tertiary alicyclic amines) is 1. The van der Waals surface area contributed by atoms with E-state index >= 15 is 0 Å². The number of piperidine rings is 1. The molecule has 1 aliphatic rings. The summed E-state index contributed by atoms with van der Waals surface area (Å²) in [4.78, 5) is 11.1. The summed E-state index contributed by atoms with van der Waals surface area (Å²) in [6.45, 7) is 7.31. The summed E-state index contributed by atoms with van der Waals surface area (Å²) in [5.41, 5.74) is 0.486. The highest BCUT2D eigenvalue weighted by atomic mass is 127. The van der Waals surface area contributed by atoms with Crippen molar-refractivity contribution in [2.75, 3.05) is 26.2 Å². The van der Waals surface area contributed by atoms with Crippen LogP contribution in [0.3, 0.4) is 0 Å². The molecule has 154 valence electrons. The first kappa shape index (κ1) is 22.6. The van der Waals surface area contributed by atoms with Gasteiger partial charge in [-0.15, -0.1) is 24.0 Å². The molecule has 1 saturated heterocycles. The molecule has 0 spiro atoms. The number of imidazole rings is 1. The van der Waals surface area contributed by atoms with Crippen LogP contribution in [0.5, 0.6) is 0 Å². The van der Waals surface area contributed by atoms with Crippen molar-refractivity contribution in [3.63, 3.8) is 0 Å². The van der Waals surface area contributed by atoms with Crippen molar-refractivity contribution >= 4 is 29.9 Å². The first-order valence-electron chi connectivity index (χ1n) is 9.53. The van der Waals surface area contributed by atoms with Gasteiger partial charge in [-0.05, 0) is 37.3 Å². The molecule has 0 saturated carbocycles. The van der Waals surface area contributed by atoms with Gasteiger partial charge in [0.15, 0.2) is 5.96 Å². The second-order valence-electron chi connectivity index (χ2n) is 7.01.